The molecule has 0 fully saturated rings. The zero-order valence-electron chi connectivity index (χ0n) is 14.9. The molecular formula is C19H21NO6S. The molecule has 2 aromatic rings. The molecule has 2 aliphatic rings. The number of hydrogen-bond donors (Lipinski definition) is 1. The van der Waals surface area contributed by atoms with Crippen LogP contribution >= 0.6 is 0 Å². The number of hydrogen-bond acceptors (Lipinski definition) is 6. The van der Waals surface area contributed by atoms with E-state index < -0.39 is 10.0 Å². The summed E-state index contributed by atoms with van der Waals surface area (Å²) in [5.41, 5.74) is 1.08. The SMILES string of the molecule is CC(CCNS(=O)(=O)c1ccc2c(c1)OCO2)c1ccc2c(c1)OCCO2. The van der Waals surface area contributed by atoms with Gasteiger partial charge in [-0.25, -0.2) is 13.1 Å². The molecule has 1 unspecified atom stereocenters. The van der Waals surface area contributed by atoms with Crippen molar-refractivity contribution >= 4 is 10.0 Å². The summed E-state index contributed by atoms with van der Waals surface area (Å²) in [5, 5.41) is 0. The van der Waals surface area contributed by atoms with E-state index in [1.54, 1.807) is 6.07 Å². The Kier molecular flexibility index (Phi) is 4.84. The minimum atomic E-state index is -3.60. The minimum absolute atomic E-state index is 0.110. The lowest BCUT2D eigenvalue weighted by molar-refractivity contribution is 0.171. The third kappa shape index (κ3) is 3.81. The Morgan fingerprint density at radius 3 is 2.44 bits per heavy atom. The molecular weight excluding hydrogens is 370 g/mol. The summed E-state index contributed by atoms with van der Waals surface area (Å²) in [7, 11) is -3.60. The van der Waals surface area contributed by atoms with Gasteiger partial charge in [0.1, 0.15) is 13.2 Å². The van der Waals surface area contributed by atoms with Crippen molar-refractivity contribution in [1.29, 1.82) is 0 Å². The van der Waals surface area contributed by atoms with E-state index >= 15 is 0 Å². The summed E-state index contributed by atoms with van der Waals surface area (Å²) in [5.74, 6) is 2.66. The molecule has 0 amide bonds. The van der Waals surface area contributed by atoms with E-state index in [9.17, 15) is 8.42 Å². The molecule has 0 saturated heterocycles. The Morgan fingerprint density at radius 2 is 1.59 bits per heavy atom. The van der Waals surface area contributed by atoms with Gasteiger partial charge in [0.05, 0.1) is 4.90 Å². The summed E-state index contributed by atoms with van der Waals surface area (Å²) in [6, 6.07) is 10.5. The first-order chi connectivity index (χ1) is 13.0. The van der Waals surface area contributed by atoms with Crippen LogP contribution in [0.5, 0.6) is 23.0 Å². The molecule has 27 heavy (non-hydrogen) atoms. The first-order valence-corrected chi connectivity index (χ1v) is 10.3. The topological polar surface area (TPSA) is 83.1 Å². The molecule has 2 heterocycles. The number of ether oxygens (including phenoxy) is 4. The molecule has 7 nitrogen and oxygen atoms in total. The standard InChI is InChI=1S/C19H21NO6S/c1-13(14-2-4-16-18(10-14)24-9-8-23-16)6-7-20-27(21,22)15-3-5-17-19(11-15)26-12-25-17/h2-5,10-11,13,20H,6-9,12H2,1H3. The summed E-state index contributed by atoms with van der Waals surface area (Å²) >= 11 is 0. The van der Waals surface area contributed by atoms with Gasteiger partial charge in [-0.15, -0.1) is 0 Å². The van der Waals surface area contributed by atoms with E-state index in [1.807, 2.05) is 18.2 Å². The summed E-state index contributed by atoms with van der Waals surface area (Å²) in [6.07, 6.45) is 0.656. The van der Waals surface area contributed by atoms with Crippen LogP contribution in [0.15, 0.2) is 41.3 Å². The first kappa shape index (κ1) is 17.9. The number of benzene rings is 2. The molecule has 0 bridgehead atoms. The lowest BCUT2D eigenvalue weighted by Gasteiger charge is -2.20. The second-order valence-electron chi connectivity index (χ2n) is 6.51. The fourth-order valence-corrected chi connectivity index (χ4v) is 4.13. The smallest absolute Gasteiger partial charge is 0.240 e. The largest absolute Gasteiger partial charge is 0.486 e. The Hall–Kier alpha value is -2.45. The molecule has 144 valence electrons. The summed E-state index contributed by atoms with van der Waals surface area (Å²) in [6.45, 7) is 3.59. The van der Waals surface area contributed by atoms with Gasteiger partial charge in [-0.2, -0.15) is 0 Å². The van der Waals surface area contributed by atoms with Crippen LogP contribution in [0.3, 0.4) is 0 Å². The van der Waals surface area contributed by atoms with E-state index in [-0.39, 0.29) is 17.6 Å². The van der Waals surface area contributed by atoms with Gasteiger partial charge in [0.25, 0.3) is 0 Å². The van der Waals surface area contributed by atoms with E-state index in [2.05, 4.69) is 11.6 Å². The zero-order chi connectivity index (χ0) is 18.9. The second kappa shape index (κ2) is 7.28. The van der Waals surface area contributed by atoms with E-state index in [0.29, 0.717) is 37.7 Å². The molecule has 1 atom stereocenters. The predicted octanol–water partition coefficient (Wildman–Crippen LogP) is 2.66. The average molecular weight is 391 g/mol. The predicted molar refractivity (Wildman–Crippen MR) is 98.2 cm³/mol. The number of sulfonamides is 1. The fraction of sp³-hybridized carbons (Fsp3) is 0.368. The molecule has 2 aromatic carbocycles. The maximum atomic E-state index is 12.5. The molecule has 0 aliphatic carbocycles. The van der Waals surface area contributed by atoms with Gasteiger partial charge in [-0.3, -0.25) is 0 Å². The van der Waals surface area contributed by atoms with Gasteiger partial charge in [0.15, 0.2) is 23.0 Å². The van der Waals surface area contributed by atoms with Gasteiger partial charge < -0.3 is 18.9 Å². The second-order valence-corrected chi connectivity index (χ2v) is 8.27. The number of fused-ring (bicyclic) bond motifs is 2. The van der Waals surface area contributed by atoms with Gasteiger partial charge in [-0.05, 0) is 42.2 Å². The van der Waals surface area contributed by atoms with Gasteiger partial charge in [0, 0.05) is 12.6 Å². The van der Waals surface area contributed by atoms with Crippen LogP contribution in [-0.2, 0) is 10.0 Å². The Balaban J connectivity index is 1.37. The highest BCUT2D eigenvalue weighted by atomic mass is 32.2. The molecule has 2 aliphatic heterocycles. The van der Waals surface area contributed by atoms with Crippen molar-refractivity contribution in [1.82, 2.24) is 4.72 Å². The summed E-state index contributed by atoms with van der Waals surface area (Å²) < 4.78 is 49.2. The quantitative estimate of drug-likeness (QED) is 0.815. The van der Waals surface area contributed by atoms with Crippen molar-refractivity contribution in [2.45, 2.75) is 24.2 Å². The molecule has 8 heteroatoms. The van der Waals surface area contributed by atoms with Crippen molar-refractivity contribution in [3.8, 4) is 23.0 Å². The third-order valence-corrected chi connectivity index (χ3v) is 6.12. The highest BCUT2D eigenvalue weighted by molar-refractivity contribution is 7.89. The Labute approximate surface area is 158 Å². The average Bonchev–Trinajstić information content (AvgIpc) is 3.15. The highest BCUT2D eigenvalue weighted by Crippen LogP contribution is 2.35. The van der Waals surface area contributed by atoms with Gasteiger partial charge in [0.2, 0.25) is 16.8 Å². The van der Waals surface area contributed by atoms with Crippen molar-refractivity contribution in [3.63, 3.8) is 0 Å². The minimum Gasteiger partial charge on any atom is -0.486 e. The molecule has 0 radical (unpaired) electrons. The lowest BCUT2D eigenvalue weighted by Crippen LogP contribution is -2.25. The van der Waals surface area contributed by atoms with Crippen LogP contribution in [0.4, 0.5) is 0 Å². The van der Waals surface area contributed by atoms with Crippen LogP contribution in [0, 0.1) is 0 Å². The van der Waals surface area contributed by atoms with Crippen molar-refractivity contribution < 1.29 is 27.4 Å². The summed E-state index contributed by atoms with van der Waals surface area (Å²) in [4.78, 5) is 0.165. The molecule has 1 N–H and O–H groups in total. The fourth-order valence-electron chi connectivity index (χ4n) is 3.07. The highest BCUT2D eigenvalue weighted by Gasteiger charge is 2.20. The van der Waals surface area contributed by atoms with Crippen LogP contribution in [0.1, 0.15) is 24.8 Å². The van der Waals surface area contributed by atoms with Crippen molar-refractivity contribution in [2.24, 2.45) is 0 Å². The van der Waals surface area contributed by atoms with Crippen molar-refractivity contribution in [2.75, 3.05) is 26.6 Å². The Morgan fingerprint density at radius 1 is 0.926 bits per heavy atom. The van der Waals surface area contributed by atoms with E-state index in [0.717, 1.165) is 17.1 Å². The maximum Gasteiger partial charge on any atom is 0.240 e. The molecule has 4 rings (SSSR count). The van der Waals surface area contributed by atoms with Gasteiger partial charge in [-0.1, -0.05) is 13.0 Å². The first-order valence-electron chi connectivity index (χ1n) is 8.82. The maximum absolute atomic E-state index is 12.5. The van der Waals surface area contributed by atoms with E-state index in [4.69, 9.17) is 18.9 Å². The lowest BCUT2D eigenvalue weighted by atomic mass is 9.97. The Bertz CT molecular complexity index is 943. The van der Waals surface area contributed by atoms with E-state index in [1.165, 1.54) is 12.1 Å². The third-order valence-electron chi connectivity index (χ3n) is 4.66. The number of nitrogens with one attached hydrogen (secondary N) is 1. The molecule has 0 saturated carbocycles. The molecule has 0 aromatic heterocycles. The normalized spacial score (nSPS) is 16.2. The van der Waals surface area contributed by atoms with Gasteiger partial charge >= 0.3 is 0 Å². The number of rotatable bonds is 6. The molecule has 0 spiro atoms. The van der Waals surface area contributed by atoms with Crippen LogP contribution in [0.2, 0.25) is 0 Å². The monoisotopic (exact) mass is 391 g/mol. The van der Waals surface area contributed by atoms with Crippen molar-refractivity contribution in [3.05, 3.63) is 42.0 Å². The van der Waals surface area contributed by atoms with Crippen LogP contribution in [-0.4, -0.2) is 35.0 Å². The zero-order valence-corrected chi connectivity index (χ0v) is 15.8. The van der Waals surface area contributed by atoms with Crippen LogP contribution in [0.25, 0.3) is 0 Å². The van der Waals surface area contributed by atoms with Crippen LogP contribution < -0.4 is 23.7 Å².